The number of nitrogens with zero attached hydrogens (tertiary/aromatic N) is 3. The molecule has 0 aliphatic carbocycles. The van der Waals surface area contributed by atoms with Crippen LogP contribution < -0.4 is 14.2 Å². The Kier molecular flexibility index (Phi) is 6.39. The molecule has 2 aromatic carbocycles. The number of carbonyl (C=O) groups is 1. The van der Waals surface area contributed by atoms with E-state index in [2.05, 4.69) is 10.3 Å². The van der Waals surface area contributed by atoms with Crippen molar-refractivity contribution in [1.82, 2.24) is 14.8 Å². The van der Waals surface area contributed by atoms with Crippen LogP contribution in [0.3, 0.4) is 0 Å². The van der Waals surface area contributed by atoms with E-state index in [1.165, 1.54) is 0 Å². The maximum atomic E-state index is 13.0. The van der Waals surface area contributed by atoms with Gasteiger partial charge in [-0.15, -0.1) is 11.3 Å². The Morgan fingerprint density at radius 2 is 1.88 bits per heavy atom. The molecule has 1 saturated heterocycles. The average Bonchev–Trinajstić information content (AvgIpc) is 3.32. The second kappa shape index (κ2) is 9.59. The predicted octanol–water partition coefficient (Wildman–Crippen LogP) is 4.20. The molecule has 0 bridgehead atoms. The Morgan fingerprint density at radius 1 is 1.12 bits per heavy atom. The van der Waals surface area contributed by atoms with Gasteiger partial charge in [0.15, 0.2) is 11.5 Å². The van der Waals surface area contributed by atoms with Crippen LogP contribution in [0.5, 0.6) is 17.2 Å². The summed E-state index contributed by atoms with van der Waals surface area (Å²) in [6, 6.07) is 11.3. The Morgan fingerprint density at radius 3 is 2.64 bits per heavy atom. The van der Waals surface area contributed by atoms with Gasteiger partial charge in [-0.25, -0.2) is 4.98 Å². The number of thiazole rings is 1. The zero-order chi connectivity index (χ0) is 22.8. The first-order valence-corrected chi connectivity index (χ1v) is 12.1. The summed E-state index contributed by atoms with van der Waals surface area (Å²) < 4.78 is 16.4. The van der Waals surface area contributed by atoms with E-state index in [-0.39, 0.29) is 5.91 Å². The maximum absolute atomic E-state index is 13.0. The summed E-state index contributed by atoms with van der Waals surface area (Å²) in [4.78, 5) is 22.0. The van der Waals surface area contributed by atoms with E-state index < -0.39 is 0 Å². The summed E-state index contributed by atoms with van der Waals surface area (Å²) >= 11 is 7.95. The van der Waals surface area contributed by atoms with Gasteiger partial charge in [0.2, 0.25) is 0 Å². The van der Waals surface area contributed by atoms with Crippen LogP contribution in [-0.4, -0.2) is 67.2 Å². The van der Waals surface area contributed by atoms with Gasteiger partial charge in [0.25, 0.3) is 5.91 Å². The van der Waals surface area contributed by atoms with Gasteiger partial charge in [0.1, 0.15) is 24.0 Å². The smallest absolute Gasteiger partial charge is 0.254 e. The minimum atomic E-state index is -0.0380. The molecular formula is C24H24ClN3O4S. The van der Waals surface area contributed by atoms with Crippen molar-refractivity contribution in [3.05, 3.63) is 58.1 Å². The zero-order valence-corrected chi connectivity index (χ0v) is 19.8. The molecule has 3 heterocycles. The molecule has 2 aliphatic rings. The summed E-state index contributed by atoms with van der Waals surface area (Å²) in [5.74, 6) is 1.85. The van der Waals surface area contributed by atoms with Gasteiger partial charge in [-0.3, -0.25) is 9.69 Å². The second-order valence-corrected chi connectivity index (χ2v) is 9.19. The highest BCUT2D eigenvalue weighted by molar-refractivity contribution is 7.13. The van der Waals surface area contributed by atoms with Crippen molar-refractivity contribution in [3.8, 4) is 27.8 Å². The highest BCUT2D eigenvalue weighted by Crippen LogP contribution is 2.38. The third kappa shape index (κ3) is 4.78. The number of piperazine rings is 1. The van der Waals surface area contributed by atoms with Gasteiger partial charge in [-0.05, 0) is 36.4 Å². The van der Waals surface area contributed by atoms with Gasteiger partial charge < -0.3 is 19.1 Å². The number of fused-ring (bicyclic) bond motifs is 1. The van der Waals surface area contributed by atoms with E-state index in [0.717, 1.165) is 41.6 Å². The van der Waals surface area contributed by atoms with Crippen LogP contribution in [0.25, 0.3) is 10.6 Å². The first-order chi connectivity index (χ1) is 16.1. The van der Waals surface area contributed by atoms with Crippen LogP contribution >= 0.6 is 22.9 Å². The molecule has 0 unspecified atom stereocenters. The third-order valence-corrected chi connectivity index (χ3v) is 7.00. The van der Waals surface area contributed by atoms with Gasteiger partial charge in [0, 0.05) is 49.2 Å². The minimum Gasteiger partial charge on any atom is -0.497 e. The van der Waals surface area contributed by atoms with Crippen LogP contribution in [-0.2, 0) is 6.54 Å². The molecule has 2 aliphatic heterocycles. The van der Waals surface area contributed by atoms with Gasteiger partial charge >= 0.3 is 0 Å². The lowest BCUT2D eigenvalue weighted by atomic mass is 10.1. The molecule has 0 spiro atoms. The normalized spacial score (nSPS) is 16.0. The molecule has 1 aromatic heterocycles. The number of carbonyl (C=O) groups excluding carboxylic acids is 1. The molecule has 33 heavy (non-hydrogen) atoms. The number of rotatable bonds is 5. The lowest BCUT2D eigenvalue weighted by Gasteiger charge is -2.34. The minimum absolute atomic E-state index is 0.0380. The quantitative estimate of drug-likeness (QED) is 0.539. The maximum Gasteiger partial charge on any atom is 0.254 e. The molecule has 0 radical (unpaired) electrons. The lowest BCUT2D eigenvalue weighted by molar-refractivity contribution is 0.0626. The van der Waals surface area contributed by atoms with E-state index in [1.807, 2.05) is 29.2 Å². The standard InChI is InChI=1S/C24H24ClN3O4S/c1-30-19-4-2-16(3-5-19)23-26-18(15-33-23)14-27-6-8-28(9-7-27)24(29)17-12-20(25)22-21(13-17)31-10-11-32-22/h2-5,12-13,15H,6-11,14H2,1H3. The molecule has 7 nitrogen and oxygen atoms in total. The summed E-state index contributed by atoms with van der Waals surface area (Å²) in [6.07, 6.45) is 0. The van der Waals surface area contributed by atoms with Crippen LogP contribution in [0.2, 0.25) is 5.02 Å². The number of hydrogen-bond donors (Lipinski definition) is 0. The van der Waals surface area contributed by atoms with E-state index >= 15 is 0 Å². The summed E-state index contributed by atoms with van der Waals surface area (Å²) in [7, 11) is 1.66. The number of amides is 1. The van der Waals surface area contributed by atoms with Crippen LogP contribution in [0.15, 0.2) is 41.8 Å². The number of ether oxygens (including phenoxy) is 3. The van der Waals surface area contributed by atoms with Gasteiger partial charge in [0.05, 0.1) is 17.8 Å². The van der Waals surface area contributed by atoms with Crippen LogP contribution in [0.4, 0.5) is 0 Å². The van der Waals surface area contributed by atoms with Crippen LogP contribution in [0.1, 0.15) is 16.1 Å². The molecule has 0 saturated carbocycles. The molecule has 1 amide bonds. The van der Waals surface area contributed by atoms with Gasteiger partial charge in [-0.2, -0.15) is 0 Å². The summed E-state index contributed by atoms with van der Waals surface area (Å²) in [5, 5.41) is 3.51. The van der Waals surface area contributed by atoms with E-state index in [0.29, 0.717) is 48.4 Å². The molecule has 0 atom stereocenters. The summed E-state index contributed by atoms with van der Waals surface area (Å²) in [6.45, 7) is 4.57. The van der Waals surface area contributed by atoms with Crippen LogP contribution in [0, 0.1) is 0 Å². The monoisotopic (exact) mass is 485 g/mol. The highest BCUT2D eigenvalue weighted by atomic mass is 35.5. The fraction of sp³-hybridized carbons (Fsp3) is 0.333. The molecule has 0 N–H and O–H groups in total. The Bertz CT molecular complexity index is 1140. The van der Waals surface area contributed by atoms with E-state index in [9.17, 15) is 4.79 Å². The van der Waals surface area contributed by atoms with E-state index in [1.54, 1.807) is 30.6 Å². The van der Waals surface area contributed by atoms with Gasteiger partial charge in [-0.1, -0.05) is 11.6 Å². The van der Waals surface area contributed by atoms with Crippen molar-refractivity contribution in [2.24, 2.45) is 0 Å². The van der Waals surface area contributed by atoms with Crippen molar-refractivity contribution < 1.29 is 19.0 Å². The molecule has 9 heteroatoms. The second-order valence-electron chi connectivity index (χ2n) is 7.92. The molecule has 3 aromatic rings. The number of halogens is 1. The van der Waals surface area contributed by atoms with Crippen molar-refractivity contribution >= 4 is 28.8 Å². The Balaban J connectivity index is 1.18. The molecule has 5 rings (SSSR count). The lowest BCUT2D eigenvalue weighted by Crippen LogP contribution is -2.48. The SMILES string of the molecule is COc1ccc(-c2nc(CN3CCN(C(=O)c4cc(Cl)c5c(c4)OCCO5)CC3)cs2)cc1. The number of hydrogen-bond acceptors (Lipinski definition) is 7. The predicted molar refractivity (Wildman–Crippen MR) is 128 cm³/mol. The Hall–Kier alpha value is -2.81. The van der Waals surface area contributed by atoms with Crippen molar-refractivity contribution in [2.75, 3.05) is 46.5 Å². The molecule has 1 fully saturated rings. The Labute approximate surface area is 201 Å². The number of aromatic nitrogens is 1. The van der Waals surface area contributed by atoms with Crippen molar-refractivity contribution in [1.29, 1.82) is 0 Å². The fourth-order valence-corrected chi connectivity index (χ4v) is 5.08. The molecular weight excluding hydrogens is 462 g/mol. The molecule has 172 valence electrons. The third-order valence-electron chi connectivity index (χ3n) is 5.78. The highest BCUT2D eigenvalue weighted by Gasteiger charge is 2.25. The van der Waals surface area contributed by atoms with Crippen molar-refractivity contribution in [3.63, 3.8) is 0 Å². The zero-order valence-electron chi connectivity index (χ0n) is 18.3. The first-order valence-electron chi connectivity index (χ1n) is 10.8. The fourth-order valence-electron chi connectivity index (χ4n) is 4.00. The largest absolute Gasteiger partial charge is 0.497 e. The summed E-state index contributed by atoms with van der Waals surface area (Å²) in [5.41, 5.74) is 2.66. The van der Waals surface area contributed by atoms with E-state index in [4.69, 9.17) is 30.8 Å². The number of benzene rings is 2. The average molecular weight is 486 g/mol. The first kappa shape index (κ1) is 22.0. The topological polar surface area (TPSA) is 64.1 Å². The van der Waals surface area contributed by atoms with Crippen molar-refractivity contribution in [2.45, 2.75) is 6.54 Å². The number of methoxy groups -OCH3 is 1.